The number of aromatic carboxylic acids is 2. The molecular weight excluding hydrogens is 230 g/mol. The Labute approximate surface area is 95.1 Å². The molecule has 0 unspecified atom stereocenters. The maximum atomic E-state index is 10.9. The molecule has 1 aromatic carbocycles. The number of carboxylic acid groups (broad SMARTS) is 3. The van der Waals surface area contributed by atoms with Gasteiger partial charge >= 0.3 is 17.9 Å². The Morgan fingerprint density at radius 3 is 2.06 bits per heavy atom. The Bertz CT molecular complexity index is 496. The molecule has 1 atom stereocenters. The molecule has 0 saturated carbocycles. The first kappa shape index (κ1) is 12.7. The van der Waals surface area contributed by atoms with Crippen molar-refractivity contribution >= 4 is 17.9 Å². The molecule has 1 aromatic rings. The van der Waals surface area contributed by atoms with Crippen LogP contribution < -0.4 is 5.73 Å². The summed E-state index contributed by atoms with van der Waals surface area (Å²) in [5, 5.41) is 26.2. The Hall–Kier alpha value is -2.41. The summed E-state index contributed by atoms with van der Waals surface area (Å²) in [6, 6.07) is 1.56. The number of hydrogen-bond donors (Lipinski definition) is 4. The minimum atomic E-state index is -1.51. The summed E-state index contributed by atoms with van der Waals surface area (Å²) < 4.78 is 0. The summed E-state index contributed by atoms with van der Waals surface area (Å²) in [6.45, 7) is 0. The largest absolute Gasteiger partial charge is 0.480 e. The quantitative estimate of drug-likeness (QED) is 0.587. The fraction of sp³-hybridized carbons (Fsp3) is 0.100. The number of carboxylic acids is 3. The van der Waals surface area contributed by atoms with Crippen molar-refractivity contribution in [2.24, 2.45) is 5.73 Å². The highest BCUT2D eigenvalue weighted by Crippen LogP contribution is 2.18. The van der Waals surface area contributed by atoms with Crippen LogP contribution in [-0.2, 0) is 4.79 Å². The monoisotopic (exact) mass is 239 g/mol. The van der Waals surface area contributed by atoms with Gasteiger partial charge in [-0.15, -0.1) is 0 Å². The van der Waals surface area contributed by atoms with Gasteiger partial charge in [0.15, 0.2) is 0 Å². The van der Waals surface area contributed by atoms with Crippen LogP contribution >= 0.6 is 0 Å². The predicted octanol–water partition coefficient (Wildman–Crippen LogP) is 0.167. The van der Waals surface area contributed by atoms with Crippen LogP contribution in [0.3, 0.4) is 0 Å². The minimum absolute atomic E-state index is 0.144. The van der Waals surface area contributed by atoms with Gasteiger partial charge in [-0.05, 0) is 17.7 Å². The lowest BCUT2D eigenvalue weighted by atomic mass is 9.98. The van der Waals surface area contributed by atoms with Crippen LogP contribution in [0.2, 0.25) is 0 Å². The van der Waals surface area contributed by atoms with Crippen molar-refractivity contribution in [2.75, 3.05) is 0 Å². The Morgan fingerprint density at radius 1 is 1.06 bits per heavy atom. The van der Waals surface area contributed by atoms with E-state index in [1.54, 1.807) is 0 Å². The highest BCUT2D eigenvalue weighted by atomic mass is 16.4. The molecule has 0 radical (unpaired) electrons. The van der Waals surface area contributed by atoms with E-state index in [-0.39, 0.29) is 11.1 Å². The molecule has 0 heterocycles. The highest BCUT2D eigenvalue weighted by molar-refractivity contribution is 5.96. The molecule has 0 bridgehead atoms. The maximum absolute atomic E-state index is 10.9. The van der Waals surface area contributed by atoms with Crippen LogP contribution in [0, 0.1) is 0 Å². The lowest BCUT2D eigenvalue weighted by molar-refractivity contribution is -0.138. The van der Waals surface area contributed by atoms with Crippen molar-refractivity contribution in [1.29, 1.82) is 0 Å². The van der Waals surface area contributed by atoms with Crippen molar-refractivity contribution in [3.63, 3.8) is 0 Å². The third-order valence-electron chi connectivity index (χ3n) is 2.13. The highest BCUT2D eigenvalue weighted by Gasteiger charge is 2.22. The zero-order valence-electron chi connectivity index (χ0n) is 8.45. The minimum Gasteiger partial charge on any atom is -0.480 e. The van der Waals surface area contributed by atoms with E-state index < -0.39 is 29.5 Å². The van der Waals surface area contributed by atoms with Crippen LogP contribution in [0.15, 0.2) is 18.2 Å². The van der Waals surface area contributed by atoms with Crippen molar-refractivity contribution in [3.05, 3.63) is 34.9 Å². The fourth-order valence-corrected chi connectivity index (χ4v) is 1.28. The molecule has 90 valence electrons. The van der Waals surface area contributed by atoms with Gasteiger partial charge in [0, 0.05) is 0 Å². The van der Waals surface area contributed by atoms with Crippen LogP contribution in [0.4, 0.5) is 0 Å². The van der Waals surface area contributed by atoms with Crippen LogP contribution in [0.5, 0.6) is 0 Å². The smallest absolute Gasteiger partial charge is 0.336 e. The molecule has 0 aliphatic carbocycles. The summed E-state index contributed by atoms with van der Waals surface area (Å²) in [5.41, 5.74) is 4.47. The summed E-state index contributed by atoms with van der Waals surface area (Å²) in [5.74, 6) is -4.13. The predicted molar refractivity (Wildman–Crippen MR) is 54.9 cm³/mol. The second-order valence-corrected chi connectivity index (χ2v) is 3.23. The molecule has 0 aromatic heterocycles. The van der Waals surface area contributed by atoms with Gasteiger partial charge < -0.3 is 21.1 Å². The molecule has 7 heteroatoms. The van der Waals surface area contributed by atoms with Gasteiger partial charge in [-0.2, -0.15) is 0 Å². The Balaban J connectivity index is 3.37. The van der Waals surface area contributed by atoms with Crippen molar-refractivity contribution < 1.29 is 29.7 Å². The van der Waals surface area contributed by atoms with Gasteiger partial charge in [0.05, 0.1) is 11.1 Å². The van der Waals surface area contributed by atoms with Gasteiger partial charge in [-0.3, -0.25) is 4.79 Å². The molecule has 0 aliphatic rings. The zero-order valence-corrected chi connectivity index (χ0v) is 8.45. The van der Waals surface area contributed by atoms with E-state index in [4.69, 9.17) is 21.1 Å². The van der Waals surface area contributed by atoms with Gasteiger partial charge in [-0.1, -0.05) is 6.07 Å². The SMILES string of the molecule is N[C@H](C(=O)O)c1ccc(C(=O)O)cc1C(=O)O. The Morgan fingerprint density at radius 2 is 1.65 bits per heavy atom. The van der Waals surface area contributed by atoms with E-state index in [1.807, 2.05) is 0 Å². The topological polar surface area (TPSA) is 138 Å². The van der Waals surface area contributed by atoms with Gasteiger partial charge in [0.2, 0.25) is 0 Å². The third kappa shape index (κ3) is 2.58. The summed E-state index contributed by atoms with van der Waals surface area (Å²) in [4.78, 5) is 32.2. The first-order chi connectivity index (χ1) is 7.84. The van der Waals surface area contributed by atoms with Gasteiger partial charge in [0.25, 0.3) is 0 Å². The number of nitrogens with two attached hydrogens (primary N) is 1. The van der Waals surface area contributed by atoms with E-state index in [9.17, 15) is 14.4 Å². The number of rotatable bonds is 4. The number of benzene rings is 1. The van der Waals surface area contributed by atoms with Gasteiger partial charge in [-0.25, -0.2) is 9.59 Å². The first-order valence-electron chi connectivity index (χ1n) is 4.43. The zero-order chi connectivity index (χ0) is 13.2. The standard InChI is InChI=1S/C10H9NO6/c11-7(10(16)17)5-2-1-4(8(12)13)3-6(5)9(14)15/h1-3,7H,11H2,(H,12,13)(H,14,15)(H,16,17)/t7-/m0/s1. The average Bonchev–Trinajstić information content (AvgIpc) is 2.26. The molecule has 0 amide bonds. The second-order valence-electron chi connectivity index (χ2n) is 3.23. The number of hydrogen-bond acceptors (Lipinski definition) is 4. The number of aliphatic carboxylic acids is 1. The van der Waals surface area contributed by atoms with Crippen LogP contribution in [0.25, 0.3) is 0 Å². The average molecular weight is 239 g/mol. The van der Waals surface area contributed by atoms with Crippen LogP contribution in [0.1, 0.15) is 32.3 Å². The lowest BCUT2D eigenvalue weighted by Crippen LogP contribution is -2.23. The molecule has 7 nitrogen and oxygen atoms in total. The molecule has 0 spiro atoms. The van der Waals surface area contributed by atoms with E-state index in [2.05, 4.69) is 0 Å². The first-order valence-corrected chi connectivity index (χ1v) is 4.43. The summed E-state index contributed by atoms with van der Waals surface area (Å²) in [6.07, 6.45) is 0. The van der Waals surface area contributed by atoms with E-state index >= 15 is 0 Å². The molecule has 0 saturated heterocycles. The van der Waals surface area contributed by atoms with E-state index in [1.165, 1.54) is 0 Å². The van der Waals surface area contributed by atoms with Crippen molar-refractivity contribution in [1.82, 2.24) is 0 Å². The fourth-order valence-electron chi connectivity index (χ4n) is 1.28. The van der Waals surface area contributed by atoms with Crippen molar-refractivity contribution in [2.45, 2.75) is 6.04 Å². The van der Waals surface area contributed by atoms with E-state index in [0.717, 1.165) is 18.2 Å². The van der Waals surface area contributed by atoms with E-state index in [0.29, 0.717) is 0 Å². The molecule has 0 fully saturated rings. The molecular formula is C10H9NO6. The third-order valence-corrected chi connectivity index (χ3v) is 2.13. The summed E-state index contributed by atoms with van der Waals surface area (Å²) >= 11 is 0. The molecule has 0 aliphatic heterocycles. The molecule has 17 heavy (non-hydrogen) atoms. The van der Waals surface area contributed by atoms with Gasteiger partial charge in [0.1, 0.15) is 6.04 Å². The molecule has 1 rings (SSSR count). The normalized spacial score (nSPS) is 11.8. The lowest BCUT2D eigenvalue weighted by Gasteiger charge is -2.10. The molecule has 5 N–H and O–H groups in total. The second kappa shape index (κ2) is 4.62. The van der Waals surface area contributed by atoms with Crippen LogP contribution in [-0.4, -0.2) is 33.2 Å². The van der Waals surface area contributed by atoms with Crippen molar-refractivity contribution in [3.8, 4) is 0 Å². The maximum Gasteiger partial charge on any atom is 0.336 e. The summed E-state index contributed by atoms with van der Waals surface area (Å²) in [7, 11) is 0. The Kier molecular flexibility index (Phi) is 3.44. The number of carbonyl (C=O) groups is 3.